The van der Waals surface area contributed by atoms with Crippen LogP contribution in [0.5, 0.6) is 0 Å². The molecule has 0 saturated carbocycles. The van der Waals surface area contributed by atoms with E-state index in [9.17, 15) is 0 Å². The molecule has 1 rings (SSSR count). The van der Waals surface area contributed by atoms with E-state index in [0.29, 0.717) is 15.5 Å². The summed E-state index contributed by atoms with van der Waals surface area (Å²) in [6.07, 6.45) is -1.49. The minimum absolute atomic E-state index is 0.350. The minimum atomic E-state index is -1.49. The number of hydrogen-bond donors (Lipinski definition) is 3. The van der Waals surface area contributed by atoms with Gasteiger partial charge >= 0.3 is 0 Å². The molecule has 0 aliphatic carbocycles. The third kappa shape index (κ3) is 2.38. The van der Waals surface area contributed by atoms with Crippen molar-refractivity contribution in [1.82, 2.24) is 0 Å². The van der Waals surface area contributed by atoms with E-state index in [4.69, 9.17) is 21.8 Å². The van der Waals surface area contributed by atoms with Gasteiger partial charge in [0.2, 0.25) is 0 Å². The Kier molecular flexibility index (Phi) is 2.78. The highest BCUT2D eigenvalue weighted by molar-refractivity contribution is 7.80. The number of hydrogen-bond acceptors (Lipinski definition) is 3. The van der Waals surface area contributed by atoms with Gasteiger partial charge in [-0.25, -0.2) is 0 Å². The maximum absolute atomic E-state index is 8.74. The first-order valence-corrected chi connectivity index (χ1v) is 3.77. The van der Waals surface area contributed by atoms with E-state index in [1.54, 1.807) is 12.1 Å². The Morgan fingerprint density at radius 1 is 1.27 bits per heavy atom. The van der Waals surface area contributed by atoms with Crippen LogP contribution in [-0.2, 0) is 0 Å². The van der Waals surface area contributed by atoms with Gasteiger partial charge in [0.1, 0.15) is 0 Å². The van der Waals surface area contributed by atoms with Crippen molar-refractivity contribution in [3.8, 4) is 0 Å². The number of aliphatic hydroxyl groups excluding tert-OH is 1. The van der Waals surface area contributed by atoms with Crippen molar-refractivity contribution in [3.63, 3.8) is 0 Å². The molecule has 11 heavy (non-hydrogen) atoms. The molecule has 2 nitrogen and oxygen atoms in total. The second-order valence-corrected chi connectivity index (χ2v) is 3.07. The van der Waals surface area contributed by atoms with E-state index in [-0.39, 0.29) is 0 Å². The van der Waals surface area contributed by atoms with Crippen molar-refractivity contribution in [2.75, 3.05) is 0 Å². The van der Waals surface area contributed by atoms with Gasteiger partial charge < -0.3 is 10.2 Å². The Labute approximate surface area is 74.8 Å². The van der Waals surface area contributed by atoms with Crippen LogP contribution in [0.15, 0.2) is 23.1 Å². The molecular formula is C7H7ClO2S. The summed E-state index contributed by atoms with van der Waals surface area (Å²) in [6.45, 7) is 0. The van der Waals surface area contributed by atoms with Gasteiger partial charge in [-0.05, 0) is 18.2 Å². The molecule has 1 aromatic rings. The van der Waals surface area contributed by atoms with Crippen LogP contribution in [0.2, 0.25) is 5.02 Å². The van der Waals surface area contributed by atoms with Crippen LogP contribution in [0, 0.1) is 0 Å². The number of benzene rings is 1. The van der Waals surface area contributed by atoms with Crippen LogP contribution in [0.25, 0.3) is 0 Å². The molecule has 0 aromatic heterocycles. The molecule has 0 amide bonds. The summed E-state index contributed by atoms with van der Waals surface area (Å²) < 4.78 is 0. The molecule has 0 bridgehead atoms. The van der Waals surface area contributed by atoms with E-state index in [0.717, 1.165) is 0 Å². The lowest BCUT2D eigenvalue weighted by Gasteiger charge is -2.04. The number of rotatable bonds is 1. The predicted octanol–water partition coefficient (Wildman–Crippen LogP) is 1.61. The van der Waals surface area contributed by atoms with Crippen molar-refractivity contribution in [2.24, 2.45) is 0 Å². The van der Waals surface area contributed by atoms with Crippen LogP contribution >= 0.6 is 24.2 Å². The molecule has 0 atom stereocenters. The monoisotopic (exact) mass is 190 g/mol. The van der Waals surface area contributed by atoms with Crippen LogP contribution < -0.4 is 0 Å². The highest BCUT2D eigenvalue weighted by Gasteiger charge is 2.03. The van der Waals surface area contributed by atoms with Crippen molar-refractivity contribution in [1.29, 1.82) is 0 Å². The average molecular weight is 191 g/mol. The Bertz CT molecular complexity index is 242. The van der Waals surface area contributed by atoms with Gasteiger partial charge in [-0.15, -0.1) is 12.6 Å². The van der Waals surface area contributed by atoms with E-state index < -0.39 is 6.29 Å². The lowest BCUT2D eigenvalue weighted by atomic mass is 10.2. The molecule has 0 saturated heterocycles. The van der Waals surface area contributed by atoms with Crippen molar-refractivity contribution in [3.05, 3.63) is 28.8 Å². The third-order valence-electron chi connectivity index (χ3n) is 1.20. The van der Waals surface area contributed by atoms with Gasteiger partial charge in [-0.3, -0.25) is 0 Å². The molecule has 0 aliphatic heterocycles. The van der Waals surface area contributed by atoms with Crippen molar-refractivity contribution >= 4 is 24.2 Å². The highest BCUT2D eigenvalue weighted by atomic mass is 35.5. The minimum Gasteiger partial charge on any atom is -0.364 e. The first-order chi connectivity index (χ1) is 5.09. The Morgan fingerprint density at radius 2 is 1.91 bits per heavy atom. The van der Waals surface area contributed by atoms with Crippen LogP contribution in [-0.4, -0.2) is 10.2 Å². The Hall–Kier alpha value is -0.220. The number of thiol groups is 1. The second-order valence-electron chi connectivity index (χ2n) is 2.12. The van der Waals surface area contributed by atoms with Gasteiger partial charge in [0.25, 0.3) is 0 Å². The molecule has 4 heteroatoms. The molecule has 2 N–H and O–H groups in total. The SMILES string of the molecule is OC(O)c1cc(S)cc(Cl)c1. The standard InChI is InChI=1S/C7H7ClO2S/c8-5-1-4(7(9)10)2-6(11)3-5/h1-3,7,9-11H. The fourth-order valence-corrected chi connectivity index (χ4v) is 1.35. The molecular weight excluding hydrogens is 184 g/mol. The van der Waals surface area contributed by atoms with Gasteiger partial charge in [0.15, 0.2) is 6.29 Å². The average Bonchev–Trinajstić information content (AvgIpc) is 1.85. The molecule has 60 valence electrons. The summed E-state index contributed by atoms with van der Waals surface area (Å²) in [7, 11) is 0. The van der Waals surface area contributed by atoms with Gasteiger partial charge in [-0.2, -0.15) is 0 Å². The fourth-order valence-electron chi connectivity index (χ4n) is 0.745. The molecule has 0 aliphatic rings. The molecule has 0 fully saturated rings. The lowest BCUT2D eigenvalue weighted by Crippen LogP contribution is -1.94. The Balaban J connectivity index is 3.08. The molecule has 1 aromatic carbocycles. The normalized spacial score (nSPS) is 10.6. The summed E-state index contributed by atoms with van der Waals surface area (Å²) >= 11 is 9.63. The van der Waals surface area contributed by atoms with E-state index in [2.05, 4.69) is 12.6 Å². The van der Waals surface area contributed by atoms with Crippen molar-refractivity contribution < 1.29 is 10.2 Å². The first kappa shape index (κ1) is 8.87. The first-order valence-electron chi connectivity index (χ1n) is 2.95. The van der Waals surface area contributed by atoms with Gasteiger partial charge in [0, 0.05) is 15.5 Å². The summed E-state index contributed by atoms with van der Waals surface area (Å²) in [4.78, 5) is 0.612. The fraction of sp³-hybridized carbons (Fsp3) is 0.143. The third-order valence-corrected chi connectivity index (χ3v) is 1.68. The topological polar surface area (TPSA) is 40.5 Å². The Morgan fingerprint density at radius 3 is 2.36 bits per heavy atom. The zero-order valence-corrected chi connectivity index (χ0v) is 7.18. The number of aliphatic hydroxyl groups is 2. The van der Waals surface area contributed by atoms with E-state index in [1.165, 1.54) is 6.07 Å². The predicted molar refractivity (Wildman–Crippen MR) is 45.9 cm³/mol. The van der Waals surface area contributed by atoms with Crippen LogP contribution in [0.1, 0.15) is 11.9 Å². The highest BCUT2D eigenvalue weighted by Crippen LogP contribution is 2.20. The summed E-state index contributed by atoms with van der Waals surface area (Å²) in [5.41, 5.74) is 0.350. The summed E-state index contributed by atoms with van der Waals surface area (Å²) in [5.74, 6) is 0. The van der Waals surface area contributed by atoms with Gasteiger partial charge in [-0.1, -0.05) is 11.6 Å². The smallest absolute Gasteiger partial charge is 0.178 e. The zero-order chi connectivity index (χ0) is 8.43. The van der Waals surface area contributed by atoms with Crippen LogP contribution in [0.4, 0.5) is 0 Å². The van der Waals surface area contributed by atoms with Gasteiger partial charge in [0.05, 0.1) is 0 Å². The summed E-state index contributed by atoms with van der Waals surface area (Å²) in [6, 6.07) is 4.64. The quantitative estimate of drug-likeness (QED) is 0.465. The lowest BCUT2D eigenvalue weighted by molar-refractivity contribution is -0.0426. The largest absolute Gasteiger partial charge is 0.364 e. The van der Waals surface area contributed by atoms with Crippen molar-refractivity contribution in [2.45, 2.75) is 11.2 Å². The number of halogens is 1. The van der Waals surface area contributed by atoms with E-state index >= 15 is 0 Å². The molecule has 0 spiro atoms. The zero-order valence-electron chi connectivity index (χ0n) is 5.53. The molecule has 0 unspecified atom stereocenters. The molecule has 0 heterocycles. The molecule has 0 radical (unpaired) electrons. The maximum atomic E-state index is 8.74. The van der Waals surface area contributed by atoms with Crippen LogP contribution in [0.3, 0.4) is 0 Å². The second kappa shape index (κ2) is 3.45. The summed E-state index contributed by atoms with van der Waals surface area (Å²) in [5, 5.41) is 17.9. The maximum Gasteiger partial charge on any atom is 0.178 e. The van der Waals surface area contributed by atoms with E-state index in [1.807, 2.05) is 0 Å².